The molecule has 0 amide bonds. The molecule has 0 radical (unpaired) electrons. The highest BCUT2D eigenvalue weighted by Crippen LogP contribution is 2.45. The monoisotopic (exact) mass is 749 g/mol. The number of benzene rings is 8. The Morgan fingerprint density at radius 1 is 0.373 bits per heavy atom. The van der Waals surface area contributed by atoms with Gasteiger partial charge < -0.3 is 13.7 Å². The van der Waals surface area contributed by atoms with Gasteiger partial charge in [-0.15, -0.1) is 0 Å². The van der Waals surface area contributed by atoms with Crippen molar-refractivity contribution in [2.24, 2.45) is 0 Å². The van der Waals surface area contributed by atoms with E-state index in [9.17, 15) is 21.0 Å². The Balaban J connectivity index is 1.26. The maximum atomic E-state index is 11.3. The molecule has 11 aromatic rings. The number of nitrogens with zero attached hydrogens (tertiary/aromatic N) is 7. The normalized spacial score (nSPS) is 11.3. The molecule has 0 fully saturated rings. The number of rotatable bonds is 4. The molecule has 0 atom stereocenters. The summed E-state index contributed by atoms with van der Waals surface area (Å²) in [5.74, 6) is 0. The van der Waals surface area contributed by atoms with E-state index in [0.717, 1.165) is 71.1 Å². The summed E-state index contributed by atoms with van der Waals surface area (Å²) in [6, 6.07) is 63.4. The topological polar surface area (TPSA) is 110 Å². The van der Waals surface area contributed by atoms with Crippen LogP contribution in [-0.4, -0.2) is 13.7 Å². The average Bonchev–Trinajstić information content (AvgIpc) is 3.94. The number of fused-ring (bicyclic) bond motifs is 10. The second kappa shape index (κ2) is 12.8. The lowest BCUT2D eigenvalue weighted by Crippen LogP contribution is -2.05. The van der Waals surface area contributed by atoms with Gasteiger partial charge in [0.15, 0.2) is 0 Å². The van der Waals surface area contributed by atoms with Crippen LogP contribution in [0.1, 0.15) is 22.3 Å². The van der Waals surface area contributed by atoms with Crippen LogP contribution < -0.4 is 0 Å². The van der Waals surface area contributed by atoms with Gasteiger partial charge >= 0.3 is 0 Å². The van der Waals surface area contributed by atoms with Crippen LogP contribution in [0.5, 0.6) is 0 Å². The summed E-state index contributed by atoms with van der Waals surface area (Å²) in [6.07, 6.45) is 0. The number of nitriles is 4. The first-order valence-corrected chi connectivity index (χ1v) is 19.1. The summed E-state index contributed by atoms with van der Waals surface area (Å²) >= 11 is 0. The fourth-order valence-corrected chi connectivity index (χ4v) is 9.23. The van der Waals surface area contributed by atoms with Crippen LogP contribution in [0.3, 0.4) is 0 Å². The quantitative estimate of drug-likeness (QED) is 0.178. The van der Waals surface area contributed by atoms with Crippen molar-refractivity contribution in [2.45, 2.75) is 0 Å². The molecule has 11 rings (SSSR count). The zero-order valence-corrected chi connectivity index (χ0v) is 31.2. The van der Waals surface area contributed by atoms with Gasteiger partial charge in [-0.3, -0.25) is 0 Å². The van der Waals surface area contributed by atoms with Crippen molar-refractivity contribution in [1.29, 1.82) is 21.0 Å². The summed E-state index contributed by atoms with van der Waals surface area (Å²) in [5, 5.41) is 49.7. The predicted molar refractivity (Wildman–Crippen MR) is 234 cm³/mol. The van der Waals surface area contributed by atoms with Gasteiger partial charge in [-0.05, 0) is 60.7 Å². The first-order valence-electron chi connectivity index (χ1n) is 19.1. The minimum absolute atomic E-state index is 0.218. The molecule has 59 heavy (non-hydrogen) atoms. The maximum absolute atomic E-state index is 11.3. The van der Waals surface area contributed by atoms with Crippen LogP contribution in [0, 0.1) is 45.3 Å². The van der Waals surface area contributed by atoms with Crippen LogP contribution in [0.2, 0.25) is 0 Å². The predicted octanol–water partition coefficient (Wildman–Crippen LogP) is 12.1. The van der Waals surface area contributed by atoms with Gasteiger partial charge in [0.05, 0.1) is 72.8 Å². The van der Waals surface area contributed by atoms with Crippen molar-refractivity contribution >= 4 is 65.4 Å². The summed E-state index contributed by atoms with van der Waals surface area (Å²) < 4.78 is 6.33. The molecular formula is C52H27N7. The molecule has 0 aliphatic heterocycles. The molecule has 0 spiro atoms. The Hall–Kier alpha value is -8.88. The fraction of sp³-hybridized carbons (Fsp3) is 0. The molecule has 270 valence electrons. The van der Waals surface area contributed by atoms with Gasteiger partial charge in [0.25, 0.3) is 0 Å². The SMILES string of the molecule is N#Cc1cc(-c2ccc(C#N)c(-n3c4ccccc4c4c3ccc3c5ccccc5n(-c5ccccc5)c34)c2C#N)c(C#N)c(-n2c3ccccc3c3ccccc32)c1. The van der Waals surface area contributed by atoms with Crippen molar-refractivity contribution < 1.29 is 0 Å². The number of para-hydroxylation sites is 5. The van der Waals surface area contributed by atoms with Crippen LogP contribution >= 0.6 is 0 Å². The van der Waals surface area contributed by atoms with Crippen LogP contribution in [0.15, 0.2) is 164 Å². The average molecular weight is 750 g/mol. The maximum Gasteiger partial charge on any atom is 0.102 e. The third-order valence-corrected chi connectivity index (χ3v) is 11.6. The van der Waals surface area contributed by atoms with E-state index in [4.69, 9.17) is 0 Å². The summed E-state index contributed by atoms with van der Waals surface area (Å²) in [5.41, 5.74) is 9.48. The van der Waals surface area contributed by atoms with Gasteiger partial charge in [-0.1, -0.05) is 103 Å². The Morgan fingerprint density at radius 2 is 0.932 bits per heavy atom. The molecule has 0 saturated heterocycles. The molecule has 0 unspecified atom stereocenters. The third-order valence-electron chi connectivity index (χ3n) is 11.6. The van der Waals surface area contributed by atoms with E-state index in [1.54, 1.807) is 24.3 Å². The lowest BCUT2D eigenvalue weighted by Gasteiger charge is -2.18. The first-order chi connectivity index (χ1) is 29.1. The molecule has 0 N–H and O–H groups in total. The molecule has 7 nitrogen and oxygen atoms in total. The van der Waals surface area contributed by atoms with Gasteiger partial charge in [0.2, 0.25) is 0 Å². The summed E-state index contributed by atoms with van der Waals surface area (Å²) in [4.78, 5) is 0. The zero-order valence-electron chi connectivity index (χ0n) is 31.2. The van der Waals surface area contributed by atoms with Crippen LogP contribution in [0.25, 0.3) is 93.6 Å². The van der Waals surface area contributed by atoms with E-state index in [1.807, 2.05) is 81.9 Å². The lowest BCUT2D eigenvalue weighted by atomic mass is 9.90. The minimum atomic E-state index is 0.218. The Bertz CT molecular complexity index is 3720. The second-order valence-electron chi connectivity index (χ2n) is 14.5. The van der Waals surface area contributed by atoms with E-state index in [2.05, 4.69) is 95.6 Å². The molecule has 3 aromatic heterocycles. The van der Waals surface area contributed by atoms with Crippen LogP contribution in [0.4, 0.5) is 0 Å². The summed E-state index contributed by atoms with van der Waals surface area (Å²) in [7, 11) is 0. The fourth-order valence-electron chi connectivity index (χ4n) is 9.23. The smallest absolute Gasteiger partial charge is 0.102 e. The number of hydrogen-bond acceptors (Lipinski definition) is 4. The van der Waals surface area contributed by atoms with Gasteiger partial charge in [-0.25, -0.2) is 0 Å². The van der Waals surface area contributed by atoms with Crippen molar-refractivity contribution in [1.82, 2.24) is 13.7 Å². The molecule has 0 aliphatic carbocycles. The summed E-state index contributed by atoms with van der Waals surface area (Å²) in [6.45, 7) is 0. The van der Waals surface area contributed by atoms with Gasteiger partial charge in [-0.2, -0.15) is 21.0 Å². The highest BCUT2D eigenvalue weighted by Gasteiger charge is 2.27. The molecule has 0 aliphatic rings. The van der Waals surface area contributed by atoms with Crippen molar-refractivity contribution in [2.75, 3.05) is 0 Å². The largest absolute Gasteiger partial charge is 0.309 e. The van der Waals surface area contributed by atoms with E-state index in [0.29, 0.717) is 39.2 Å². The first kappa shape index (κ1) is 33.5. The molecule has 3 heterocycles. The Morgan fingerprint density at radius 3 is 1.54 bits per heavy atom. The van der Waals surface area contributed by atoms with Gasteiger partial charge in [0, 0.05) is 49.1 Å². The molecule has 0 bridgehead atoms. The minimum Gasteiger partial charge on any atom is -0.309 e. The van der Waals surface area contributed by atoms with Crippen molar-refractivity contribution in [3.8, 4) is 52.5 Å². The Labute approximate surface area is 337 Å². The van der Waals surface area contributed by atoms with E-state index < -0.39 is 0 Å². The van der Waals surface area contributed by atoms with Crippen molar-refractivity contribution in [3.05, 3.63) is 186 Å². The molecule has 7 heteroatoms. The standard InChI is InChI=1S/C52H27N7/c53-28-32-26-41(42(30-55)49(27-32)58-45-19-9-4-14-36(45)37-15-5-10-20-46(37)58)35-23-22-33(29-54)51(43(35)31-56)59-47-21-11-7-17-40(47)50-48(59)25-24-39-38-16-6-8-18-44(38)57(52(39)50)34-12-2-1-3-13-34/h1-27H. The zero-order chi connectivity index (χ0) is 39.8. The highest BCUT2D eigenvalue weighted by molar-refractivity contribution is 6.26. The second-order valence-corrected chi connectivity index (χ2v) is 14.5. The molecular weight excluding hydrogens is 723 g/mol. The number of aromatic nitrogens is 3. The van der Waals surface area contributed by atoms with Gasteiger partial charge in [0.1, 0.15) is 18.2 Å². The van der Waals surface area contributed by atoms with Crippen LogP contribution in [-0.2, 0) is 0 Å². The highest BCUT2D eigenvalue weighted by atomic mass is 15.0. The molecule has 8 aromatic carbocycles. The van der Waals surface area contributed by atoms with E-state index in [1.165, 1.54) is 0 Å². The molecule has 0 saturated carbocycles. The Kier molecular flexibility index (Phi) is 7.28. The van der Waals surface area contributed by atoms with E-state index >= 15 is 0 Å². The lowest BCUT2D eigenvalue weighted by molar-refractivity contribution is 1.15. The third kappa shape index (κ3) is 4.65. The number of hydrogen-bond donors (Lipinski definition) is 0. The van der Waals surface area contributed by atoms with E-state index in [-0.39, 0.29) is 5.56 Å². The van der Waals surface area contributed by atoms with Crippen molar-refractivity contribution in [3.63, 3.8) is 0 Å².